The monoisotopic (exact) mass is 584 g/mol. The van der Waals surface area contributed by atoms with Crippen LogP contribution in [-0.2, 0) is 4.79 Å². The topological polar surface area (TPSA) is 115 Å². The van der Waals surface area contributed by atoms with Crippen molar-refractivity contribution in [3.63, 3.8) is 0 Å². The SMILES string of the molecule is COc1ccc([N+](=O)[O-])cc1-n1c(C)cc([C@@H]2[C@@H](c3ccccn3)NC(=S)N2CCC(=O)Nc2ccc(C)cc2)c1C. The Morgan fingerprint density at radius 2 is 1.88 bits per heavy atom. The van der Waals surface area contributed by atoms with Gasteiger partial charge in [-0.25, -0.2) is 0 Å². The summed E-state index contributed by atoms with van der Waals surface area (Å²) in [6.07, 6.45) is 1.96. The first kappa shape index (κ1) is 28.7. The Bertz CT molecular complexity index is 1640. The van der Waals surface area contributed by atoms with Gasteiger partial charge < -0.3 is 24.8 Å². The zero-order valence-corrected chi connectivity index (χ0v) is 24.6. The van der Waals surface area contributed by atoms with Gasteiger partial charge in [0.05, 0.1) is 35.5 Å². The van der Waals surface area contributed by atoms with Crippen LogP contribution in [0.1, 0.15) is 46.7 Å². The van der Waals surface area contributed by atoms with Gasteiger partial charge in [-0.1, -0.05) is 23.8 Å². The van der Waals surface area contributed by atoms with Crippen LogP contribution >= 0.6 is 12.2 Å². The molecule has 2 atom stereocenters. The number of non-ortho nitro benzene ring substituents is 1. The van der Waals surface area contributed by atoms with Gasteiger partial charge in [0.1, 0.15) is 5.75 Å². The van der Waals surface area contributed by atoms with Gasteiger partial charge in [0.15, 0.2) is 5.11 Å². The van der Waals surface area contributed by atoms with Gasteiger partial charge in [-0.2, -0.15) is 0 Å². The first-order valence-electron chi connectivity index (χ1n) is 13.5. The molecule has 0 saturated carbocycles. The van der Waals surface area contributed by atoms with E-state index >= 15 is 0 Å². The van der Waals surface area contributed by atoms with Gasteiger partial charge in [0.25, 0.3) is 5.69 Å². The molecule has 0 radical (unpaired) electrons. The number of rotatable bonds is 9. The zero-order valence-electron chi connectivity index (χ0n) is 23.8. The molecule has 0 unspecified atom stereocenters. The Kier molecular flexibility index (Phi) is 8.21. The summed E-state index contributed by atoms with van der Waals surface area (Å²) in [5, 5.41) is 18.5. The number of ether oxygens (including phenoxy) is 1. The lowest BCUT2D eigenvalue weighted by atomic mass is 9.96. The van der Waals surface area contributed by atoms with E-state index in [1.54, 1.807) is 19.4 Å². The van der Waals surface area contributed by atoms with E-state index in [4.69, 9.17) is 17.0 Å². The number of thiocarbonyl (C=S) groups is 1. The average Bonchev–Trinajstić information content (AvgIpc) is 3.47. The first-order chi connectivity index (χ1) is 20.2. The second-order valence-electron chi connectivity index (χ2n) is 10.3. The highest BCUT2D eigenvalue weighted by atomic mass is 32.1. The number of nitrogens with zero attached hydrogens (tertiary/aromatic N) is 4. The van der Waals surface area contributed by atoms with Gasteiger partial charge in [-0.3, -0.25) is 19.9 Å². The van der Waals surface area contributed by atoms with E-state index in [-0.39, 0.29) is 30.1 Å². The van der Waals surface area contributed by atoms with Crippen LogP contribution in [0.5, 0.6) is 5.75 Å². The van der Waals surface area contributed by atoms with Crippen molar-refractivity contribution in [1.82, 2.24) is 19.8 Å². The summed E-state index contributed by atoms with van der Waals surface area (Å²) in [6, 6.07) is 19.5. The number of methoxy groups -OCH3 is 1. The maximum atomic E-state index is 12.9. The van der Waals surface area contributed by atoms with Gasteiger partial charge >= 0.3 is 0 Å². The molecule has 2 N–H and O–H groups in total. The minimum atomic E-state index is -0.419. The molecule has 0 aliphatic carbocycles. The Morgan fingerprint density at radius 3 is 2.55 bits per heavy atom. The maximum Gasteiger partial charge on any atom is 0.271 e. The summed E-state index contributed by atoms with van der Waals surface area (Å²) in [4.78, 5) is 30.7. The van der Waals surface area contributed by atoms with Gasteiger partial charge in [0.2, 0.25) is 5.91 Å². The van der Waals surface area contributed by atoms with E-state index in [1.165, 1.54) is 12.1 Å². The quantitative estimate of drug-likeness (QED) is 0.146. The van der Waals surface area contributed by atoms with E-state index in [2.05, 4.69) is 21.7 Å². The van der Waals surface area contributed by atoms with Crippen molar-refractivity contribution in [3.8, 4) is 11.4 Å². The van der Waals surface area contributed by atoms with Crippen LogP contribution in [0.2, 0.25) is 0 Å². The maximum absolute atomic E-state index is 12.9. The van der Waals surface area contributed by atoms with Crippen LogP contribution in [0.3, 0.4) is 0 Å². The highest BCUT2D eigenvalue weighted by Gasteiger charge is 2.41. The molecule has 0 spiro atoms. The van der Waals surface area contributed by atoms with Crippen molar-refractivity contribution in [2.75, 3.05) is 19.0 Å². The standard InChI is InChI=1S/C31H32N6O4S/c1-19-8-10-22(11-9-19)33-28(38)14-16-35-30(29(34-31(35)42)25-7-5-6-15-32-25)24-17-20(2)36(21(24)3)26-18-23(37(39)40)12-13-27(26)41-4/h5-13,15,17-18,29-30H,14,16H2,1-4H3,(H,33,38)(H,34,42)/t29-,30-/m1/s1. The van der Waals surface area contributed by atoms with Crippen LogP contribution in [0.4, 0.5) is 11.4 Å². The first-order valence-corrected chi connectivity index (χ1v) is 13.9. The van der Waals surface area contributed by atoms with Gasteiger partial charge in [-0.05, 0) is 75.0 Å². The number of aryl methyl sites for hydroxylation is 2. The van der Waals surface area contributed by atoms with Gasteiger partial charge in [-0.15, -0.1) is 0 Å². The fraction of sp³-hybridized carbons (Fsp3) is 0.258. The fourth-order valence-corrected chi connectivity index (χ4v) is 5.82. The van der Waals surface area contributed by atoms with E-state index in [0.717, 1.165) is 33.9 Å². The molecule has 1 amide bonds. The molecule has 1 aliphatic rings. The Morgan fingerprint density at radius 1 is 1.12 bits per heavy atom. The molecule has 42 heavy (non-hydrogen) atoms. The molecule has 0 bridgehead atoms. The van der Waals surface area contributed by atoms with Crippen LogP contribution < -0.4 is 15.4 Å². The molecule has 216 valence electrons. The molecule has 1 aliphatic heterocycles. The molecule has 1 saturated heterocycles. The number of nitro groups is 1. The number of carbonyl (C=O) groups is 1. The Hall–Kier alpha value is -4.77. The van der Waals surface area contributed by atoms with Crippen molar-refractivity contribution in [2.45, 2.75) is 39.3 Å². The Labute approximate surface area is 249 Å². The van der Waals surface area contributed by atoms with E-state index in [0.29, 0.717) is 23.1 Å². The van der Waals surface area contributed by atoms with Crippen molar-refractivity contribution < 1.29 is 14.5 Å². The van der Waals surface area contributed by atoms with Crippen molar-refractivity contribution in [2.24, 2.45) is 0 Å². The summed E-state index contributed by atoms with van der Waals surface area (Å²) < 4.78 is 7.55. The number of nitro benzene ring substituents is 1. The number of aromatic nitrogens is 2. The minimum absolute atomic E-state index is 0.0314. The number of benzene rings is 2. The number of anilines is 1. The molecular weight excluding hydrogens is 552 g/mol. The molecule has 4 aromatic rings. The number of hydrogen-bond donors (Lipinski definition) is 2. The lowest BCUT2D eigenvalue weighted by Crippen LogP contribution is -2.32. The second-order valence-corrected chi connectivity index (χ2v) is 10.6. The number of nitrogens with one attached hydrogen (secondary N) is 2. The lowest BCUT2D eigenvalue weighted by molar-refractivity contribution is -0.384. The third kappa shape index (κ3) is 5.68. The molecule has 3 heterocycles. The summed E-state index contributed by atoms with van der Waals surface area (Å²) in [6.45, 7) is 6.29. The summed E-state index contributed by atoms with van der Waals surface area (Å²) >= 11 is 5.81. The molecule has 2 aromatic heterocycles. The number of hydrogen-bond acceptors (Lipinski definition) is 6. The normalized spacial score (nSPS) is 16.3. The van der Waals surface area contributed by atoms with E-state index in [1.807, 2.05) is 72.7 Å². The van der Waals surface area contributed by atoms with Crippen LogP contribution in [0, 0.1) is 30.9 Å². The summed E-state index contributed by atoms with van der Waals surface area (Å²) in [5.74, 6) is 0.397. The number of amides is 1. The molecule has 2 aromatic carbocycles. The van der Waals surface area contributed by atoms with Crippen LogP contribution in [-0.4, -0.2) is 44.0 Å². The third-order valence-corrected chi connectivity index (χ3v) is 7.87. The highest BCUT2D eigenvalue weighted by Crippen LogP contribution is 2.42. The summed E-state index contributed by atoms with van der Waals surface area (Å²) in [7, 11) is 1.54. The number of carbonyl (C=O) groups excluding carboxylic acids is 1. The molecular formula is C31H32N6O4S. The minimum Gasteiger partial charge on any atom is -0.495 e. The summed E-state index contributed by atoms with van der Waals surface area (Å²) in [5.41, 5.74) is 5.91. The van der Waals surface area contributed by atoms with Gasteiger partial charge in [0, 0.05) is 48.4 Å². The van der Waals surface area contributed by atoms with Crippen LogP contribution in [0.15, 0.2) is 72.9 Å². The van der Waals surface area contributed by atoms with Crippen molar-refractivity contribution >= 4 is 34.6 Å². The molecule has 5 rings (SSSR count). The highest BCUT2D eigenvalue weighted by molar-refractivity contribution is 7.80. The molecule has 11 heteroatoms. The molecule has 1 fully saturated rings. The van der Waals surface area contributed by atoms with Crippen molar-refractivity contribution in [1.29, 1.82) is 0 Å². The second kappa shape index (κ2) is 12.0. The van der Waals surface area contributed by atoms with Crippen molar-refractivity contribution in [3.05, 3.63) is 111 Å². The average molecular weight is 585 g/mol. The Balaban J connectivity index is 1.51. The van der Waals surface area contributed by atoms with E-state index < -0.39 is 4.92 Å². The molecule has 10 nitrogen and oxygen atoms in total. The van der Waals surface area contributed by atoms with Crippen LogP contribution in [0.25, 0.3) is 5.69 Å². The predicted octanol–water partition coefficient (Wildman–Crippen LogP) is 5.72. The predicted molar refractivity (Wildman–Crippen MR) is 165 cm³/mol. The van der Waals surface area contributed by atoms with E-state index in [9.17, 15) is 14.9 Å². The fourth-order valence-electron chi connectivity index (χ4n) is 5.49. The smallest absolute Gasteiger partial charge is 0.271 e. The lowest BCUT2D eigenvalue weighted by Gasteiger charge is -2.28. The largest absolute Gasteiger partial charge is 0.495 e. The third-order valence-electron chi connectivity index (χ3n) is 7.52. The zero-order chi connectivity index (χ0) is 30.0. The number of pyridine rings is 1.